The van der Waals surface area contributed by atoms with Crippen LogP contribution in [0.3, 0.4) is 0 Å². The molecule has 0 unspecified atom stereocenters. The van der Waals surface area contributed by atoms with Gasteiger partial charge in [0.05, 0.1) is 17.6 Å². The van der Waals surface area contributed by atoms with Gasteiger partial charge in [-0.05, 0) is 43.5 Å². The third kappa shape index (κ3) is 5.16. The number of carbonyl (C=O) groups is 1. The molecule has 2 rings (SSSR count). The Kier molecular flexibility index (Phi) is 5.48. The summed E-state index contributed by atoms with van der Waals surface area (Å²) in [4.78, 5) is 11.8. The highest BCUT2D eigenvalue weighted by atomic mass is 19.4. The Labute approximate surface area is 132 Å². The molecule has 1 fully saturated rings. The fourth-order valence-electron chi connectivity index (χ4n) is 2.66. The van der Waals surface area contributed by atoms with Crippen molar-refractivity contribution < 1.29 is 22.7 Å². The highest BCUT2D eigenvalue weighted by Gasteiger charge is 2.42. The Balaban J connectivity index is 1.79. The number of hydrogen-bond acceptors (Lipinski definition) is 3. The molecule has 1 amide bonds. The maximum absolute atomic E-state index is 12.7. The van der Waals surface area contributed by atoms with Crippen LogP contribution < -0.4 is 10.1 Å². The minimum absolute atomic E-state index is 0.0773. The lowest BCUT2D eigenvalue weighted by atomic mass is 9.85. The van der Waals surface area contributed by atoms with Crippen LogP contribution in [0.2, 0.25) is 0 Å². The van der Waals surface area contributed by atoms with Crippen molar-refractivity contribution in [3.8, 4) is 11.8 Å². The molecule has 0 bridgehead atoms. The lowest BCUT2D eigenvalue weighted by molar-refractivity contribution is -0.184. The summed E-state index contributed by atoms with van der Waals surface area (Å²) in [5, 5.41) is 11.3. The highest BCUT2D eigenvalue weighted by Crippen LogP contribution is 2.37. The number of nitrogens with one attached hydrogen (secondary N) is 1. The van der Waals surface area contributed by atoms with Crippen LogP contribution in [0.1, 0.15) is 31.2 Å². The third-order valence-corrected chi connectivity index (χ3v) is 3.86. The molecule has 124 valence electrons. The van der Waals surface area contributed by atoms with Gasteiger partial charge in [-0.1, -0.05) is 6.42 Å². The smallest absolute Gasteiger partial charge is 0.391 e. The lowest BCUT2D eigenvalue weighted by Crippen LogP contribution is -2.43. The summed E-state index contributed by atoms with van der Waals surface area (Å²) in [6.07, 6.45) is -3.16. The van der Waals surface area contributed by atoms with Gasteiger partial charge in [0.1, 0.15) is 5.75 Å². The summed E-state index contributed by atoms with van der Waals surface area (Å²) in [5.41, 5.74) is 0.474. The van der Waals surface area contributed by atoms with Gasteiger partial charge in [-0.15, -0.1) is 0 Å². The van der Waals surface area contributed by atoms with Crippen molar-refractivity contribution in [1.29, 1.82) is 5.26 Å². The molecule has 0 aliphatic heterocycles. The first kappa shape index (κ1) is 17.1. The minimum atomic E-state index is -4.21. The number of nitriles is 1. The number of carbonyl (C=O) groups excluding carboxylic acids is 1. The maximum Gasteiger partial charge on any atom is 0.391 e. The van der Waals surface area contributed by atoms with Gasteiger partial charge in [-0.3, -0.25) is 4.79 Å². The van der Waals surface area contributed by atoms with Crippen LogP contribution in [-0.4, -0.2) is 24.7 Å². The molecule has 0 radical (unpaired) electrons. The van der Waals surface area contributed by atoms with Crippen molar-refractivity contribution in [2.45, 2.75) is 37.9 Å². The van der Waals surface area contributed by atoms with E-state index in [1.54, 1.807) is 24.3 Å². The summed E-state index contributed by atoms with van der Waals surface area (Å²) >= 11 is 0. The van der Waals surface area contributed by atoms with E-state index in [0.717, 1.165) is 0 Å². The first-order chi connectivity index (χ1) is 10.9. The van der Waals surface area contributed by atoms with Crippen molar-refractivity contribution >= 4 is 5.91 Å². The fourth-order valence-corrected chi connectivity index (χ4v) is 2.66. The zero-order valence-electron chi connectivity index (χ0n) is 12.4. The van der Waals surface area contributed by atoms with Crippen LogP contribution in [0.4, 0.5) is 13.2 Å². The van der Waals surface area contributed by atoms with Crippen molar-refractivity contribution in [3.63, 3.8) is 0 Å². The molecule has 23 heavy (non-hydrogen) atoms. The number of hydrogen-bond donors (Lipinski definition) is 1. The van der Waals surface area contributed by atoms with E-state index in [1.165, 1.54) is 0 Å². The fraction of sp³-hybridized carbons (Fsp3) is 0.500. The van der Waals surface area contributed by atoms with Crippen LogP contribution in [-0.2, 0) is 4.79 Å². The van der Waals surface area contributed by atoms with Crippen molar-refractivity contribution in [2.24, 2.45) is 5.92 Å². The lowest BCUT2D eigenvalue weighted by Gasteiger charge is -2.30. The zero-order chi connectivity index (χ0) is 16.9. The predicted molar refractivity (Wildman–Crippen MR) is 76.6 cm³/mol. The summed E-state index contributed by atoms with van der Waals surface area (Å²) in [6, 6.07) is 7.74. The number of amides is 1. The molecule has 1 aliphatic carbocycles. The first-order valence-corrected chi connectivity index (χ1v) is 7.37. The second-order valence-electron chi connectivity index (χ2n) is 5.59. The van der Waals surface area contributed by atoms with Gasteiger partial charge in [0.15, 0.2) is 6.61 Å². The van der Waals surface area contributed by atoms with Crippen LogP contribution in [0, 0.1) is 17.2 Å². The van der Waals surface area contributed by atoms with Gasteiger partial charge < -0.3 is 10.1 Å². The van der Waals surface area contributed by atoms with Gasteiger partial charge in [0.2, 0.25) is 0 Å². The maximum atomic E-state index is 12.7. The minimum Gasteiger partial charge on any atom is -0.484 e. The molecule has 2 atom stereocenters. The monoisotopic (exact) mass is 326 g/mol. The van der Waals surface area contributed by atoms with Crippen LogP contribution >= 0.6 is 0 Å². The summed E-state index contributed by atoms with van der Waals surface area (Å²) < 4.78 is 43.4. The predicted octanol–water partition coefficient (Wildman–Crippen LogP) is 3.17. The molecule has 0 heterocycles. The number of ether oxygens (including phenoxy) is 1. The topological polar surface area (TPSA) is 62.1 Å². The van der Waals surface area contributed by atoms with Gasteiger partial charge in [-0.2, -0.15) is 18.4 Å². The van der Waals surface area contributed by atoms with Gasteiger partial charge in [-0.25, -0.2) is 0 Å². The van der Waals surface area contributed by atoms with Gasteiger partial charge >= 0.3 is 6.18 Å². The van der Waals surface area contributed by atoms with Crippen LogP contribution in [0.15, 0.2) is 24.3 Å². The normalized spacial score (nSPS) is 21.3. The summed E-state index contributed by atoms with van der Waals surface area (Å²) in [5.74, 6) is -1.36. The quantitative estimate of drug-likeness (QED) is 0.924. The van der Waals surface area contributed by atoms with Crippen molar-refractivity contribution in [1.82, 2.24) is 5.32 Å². The van der Waals surface area contributed by atoms with Crippen molar-refractivity contribution in [2.75, 3.05) is 6.61 Å². The molecule has 0 aromatic heterocycles. The number of alkyl halides is 3. The van der Waals surface area contributed by atoms with Gasteiger partial charge in [0, 0.05) is 6.04 Å². The summed E-state index contributed by atoms with van der Waals surface area (Å²) in [7, 11) is 0. The molecule has 1 N–H and O–H groups in total. The zero-order valence-corrected chi connectivity index (χ0v) is 12.4. The highest BCUT2D eigenvalue weighted by molar-refractivity contribution is 5.77. The first-order valence-electron chi connectivity index (χ1n) is 7.37. The average Bonchev–Trinajstić information content (AvgIpc) is 2.53. The summed E-state index contributed by atoms with van der Waals surface area (Å²) in [6.45, 7) is -0.265. The second-order valence-corrected chi connectivity index (χ2v) is 5.59. The molecule has 7 heteroatoms. The molecular formula is C16H17F3N2O2. The Bertz CT molecular complexity index is 578. The Morgan fingerprint density at radius 1 is 1.30 bits per heavy atom. The SMILES string of the molecule is N#Cc1ccc(OCC(=O)N[C@@H]2CCC[C@@H](C(F)(F)F)C2)cc1. The molecule has 1 aliphatic rings. The van der Waals surface area contributed by atoms with E-state index in [2.05, 4.69) is 5.32 Å². The Hall–Kier alpha value is -2.23. The van der Waals surface area contributed by atoms with Crippen LogP contribution in [0.25, 0.3) is 0 Å². The van der Waals surface area contributed by atoms with Crippen LogP contribution in [0.5, 0.6) is 5.75 Å². The third-order valence-electron chi connectivity index (χ3n) is 3.86. The molecule has 0 spiro atoms. The van der Waals surface area contributed by atoms with Gasteiger partial charge in [0.25, 0.3) is 5.91 Å². The van der Waals surface area contributed by atoms with Crippen molar-refractivity contribution in [3.05, 3.63) is 29.8 Å². The van der Waals surface area contributed by atoms with E-state index in [9.17, 15) is 18.0 Å². The number of rotatable bonds is 4. The molecule has 4 nitrogen and oxygen atoms in total. The Morgan fingerprint density at radius 2 is 2.00 bits per heavy atom. The van der Waals surface area contributed by atoms with E-state index in [1.807, 2.05) is 6.07 Å². The van der Waals surface area contributed by atoms with E-state index < -0.39 is 24.0 Å². The molecule has 1 aromatic carbocycles. The van der Waals surface area contributed by atoms with E-state index >= 15 is 0 Å². The largest absolute Gasteiger partial charge is 0.484 e. The number of halogens is 3. The van der Waals surface area contributed by atoms with E-state index in [4.69, 9.17) is 10.00 Å². The molecule has 1 saturated carbocycles. The molecular weight excluding hydrogens is 309 g/mol. The van der Waals surface area contributed by atoms with E-state index in [0.29, 0.717) is 24.2 Å². The molecule has 1 aromatic rings. The number of benzene rings is 1. The second kappa shape index (κ2) is 7.36. The number of nitrogens with zero attached hydrogens (tertiary/aromatic N) is 1. The standard InChI is InChI=1S/C16H17F3N2O2/c17-16(18,19)12-2-1-3-13(8-12)21-15(22)10-23-14-6-4-11(9-20)5-7-14/h4-7,12-13H,1-3,8,10H2,(H,21,22)/t12-,13-/m1/s1. The Morgan fingerprint density at radius 3 is 2.61 bits per heavy atom. The molecule has 0 saturated heterocycles. The van der Waals surface area contributed by atoms with E-state index in [-0.39, 0.29) is 19.4 Å². The average molecular weight is 326 g/mol.